The van der Waals surface area contributed by atoms with Crippen molar-refractivity contribution in [1.82, 2.24) is 4.90 Å². The molecule has 0 unspecified atom stereocenters. The summed E-state index contributed by atoms with van der Waals surface area (Å²) in [7, 11) is 2.76. The Hall–Kier alpha value is -3.19. The molecule has 150 valence electrons. The number of fused-ring (bicyclic) bond motifs is 1. The number of esters is 1. The van der Waals surface area contributed by atoms with E-state index in [1.165, 1.54) is 14.2 Å². The number of benzene rings is 2. The van der Waals surface area contributed by atoms with Crippen LogP contribution in [0.2, 0.25) is 0 Å². The normalized spacial score (nSPS) is 28.5. The van der Waals surface area contributed by atoms with Gasteiger partial charge in [-0.05, 0) is 29.8 Å². The van der Waals surface area contributed by atoms with Crippen molar-refractivity contribution < 1.29 is 29.5 Å². The molecule has 0 aromatic heterocycles. The number of aromatic hydroxyl groups is 1. The molecule has 2 fully saturated rings. The highest BCUT2D eigenvalue weighted by Crippen LogP contribution is 2.45. The van der Waals surface area contributed by atoms with Crippen LogP contribution in [0, 0.1) is 11.8 Å². The Morgan fingerprint density at radius 1 is 1.10 bits per heavy atom. The fourth-order valence-corrected chi connectivity index (χ4v) is 4.83. The average Bonchev–Trinajstić information content (AvgIpc) is 3.19. The summed E-state index contributed by atoms with van der Waals surface area (Å²) in [5.41, 5.74) is 0.406. The minimum Gasteiger partial charge on any atom is -0.508 e. The summed E-state index contributed by atoms with van der Waals surface area (Å²) in [4.78, 5) is 40.3. The molecular weight excluding hydrogens is 372 g/mol. The highest BCUT2D eigenvalue weighted by atomic mass is 16.5. The number of rotatable bonds is 4. The van der Waals surface area contributed by atoms with Gasteiger partial charge in [-0.1, -0.05) is 30.3 Å². The number of phenols is 1. The zero-order chi connectivity index (χ0) is 20.8. The zero-order valence-electron chi connectivity index (χ0n) is 16.2. The fraction of sp³-hybridized carbons (Fsp3) is 0.318. The molecule has 2 heterocycles. The monoisotopic (exact) mass is 395 g/mol. The SMILES string of the molecule is COC(=O)[C@]1(Cc2ccccc2)[NH2+][C@@H](c2ccc(O)cc2)[C@H]2C(=O)N(C)C(=O)[C@@H]21. The molecule has 2 saturated heterocycles. The first kappa shape index (κ1) is 19.1. The Labute approximate surface area is 168 Å². The average molecular weight is 395 g/mol. The number of carbonyl (C=O) groups excluding carboxylic acids is 3. The van der Waals surface area contributed by atoms with E-state index < -0.39 is 29.4 Å². The number of phenolic OH excluding ortho intramolecular Hbond substituents is 1. The molecule has 2 aliphatic heterocycles. The zero-order valence-corrected chi connectivity index (χ0v) is 16.2. The van der Waals surface area contributed by atoms with Gasteiger partial charge in [-0.2, -0.15) is 0 Å². The van der Waals surface area contributed by atoms with Crippen LogP contribution in [-0.4, -0.2) is 47.5 Å². The van der Waals surface area contributed by atoms with Crippen LogP contribution < -0.4 is 5.32 Å². The lowest BCUT2D eigenvalue weighted by Crippen LogP contribution is -2.98. The predicted molar refractivity (Wildman–Crippen MR) is 102 cm³/mol. The van der Waals surface area contributed by atoms with E-state index in [1.807, 2.05) is 35.6 Å². The van der Waals surface area contributed by atoms with Crippen molar-refractivity contribution in [3.8, 4) is 5.75 Å². The number of hydrogen-bond donors (Lipinski definition) is 2. The summed E-state index contributed by atoms with van der Waals surface area (Å²) in [5, 5.41) is 11.4. The van der Waals surface area contributed by atoms with Gasteiger partial charge in [-0.3, -0.25) is 14.5 Å². The standard InChI is InChI=1S/C22H22N2O5/c1-24-19(26)16-17(20(24)27)22(21(28)29-2,12-13-6-4-3-5-7-13)23-18(16)14-8-10-15(25)11-9-14/h3-11,16-18,23,25H,12H2,1-2H3/p+1/t16-,17+,18-,22+/m0/s1. The van der Waals surface area contributed by atoms with Crippen molar-refractivity contribution in [3.05, 3.63) is 65.7 Å². The predicted octanol–water partition coefficient (Wildman–Crippen LogP) is 0.396. The largest absolute Gasteiger partial charge is 0.508 e. The van der Waals surface area contributed by atoms with E-state index in [0.29, 0.717) is 0 Å². The Balaban J connectivity index is 1.85. The van der Waals surface area contributed by atoms with Gasteiger partial charge < -0.3 is 15.2 Å². The molecule has 4 rings (SSSR count). The minimum absolute atomic E-state index is 0.109. The van der Waals surface area contributed by atoms with Crippen LogP contribution in [0.4, 0.5) is 0 Å². The van der Waals surface area contributed by atoms with Gasteiger partial charge in [0.1, 0.15) is 23.6 Å². The molecule has 0 radical (unpaired) electrons. The molecule has 29 heavy (non-hydrogen) atoms. The fourth-order valence-electron chi connectivity index (χ4n) is 4.83. The topological polar surface area (TPSA) is 101 Å². The molecule has 2 amide bonds. The Bertz CT molecular complexity index is 959. The van der Waals surface area contributed by atoms with E-state index in [1.54, 1.807) is 24.3 Å². The third-order valence-electron chi connectivity index (χ3n) is 6.17. The second-order valence-electron chi connectivity index (χ2n) is 7.72. The maximum absolute atomic E-state index is 13.1. The van der Waals surface area contributed by atoms with E-state index >= 15 is 0 Å². The summed E-state index contributed by atoms with van der Waals surface area (Å²) < 4.78 is 5.15. The van der Waals surface area contributed by atoms with Crippen molar-refractivity contribution in [3.63, 3.8) is 0 Å². The highest BCUT2D eigenvalue weighted by Gasteiger charge is 2.71. The number of imide groups is 1. The summed E-state index contributed by atoms with van der Waals surface area (Å²) in [5.74, 6) is -2.58. The van der Waals surface area contributed by atoms with Crippen LogP contribution in [0.5, 0.6) is 5.75 Å². The van der Waals surface area contributed by atoms with E-state index in [2.05, 4.69) is 0 Å². The van der Waals surface area contributed by atoms with E-state index in [4.69, 9.17) is 4.74 Å². The number of nitrogens with two attached hydrogens (primary N) is 1. The van der Waals surface area contributed by atoms with Crippen LogP contribution in [0.25, 0.3) is 0 Å². The molecule has 7 nitrogen and oxygen atoms in total. The van der Waals surface area contributed by atoms with E-state index in [0.717, 1.165) is 16.0 Å². The molecule has 2 aliphatic rings. The van der Waals surface area contributed by atoms with E-state index in [-0.39, 0.29) is 24.0 Å². The highest BCUT2D eigenvalue weighted by molar-refractivity contribution is 6.08. The van der Waals surface area contributed by atoms with Gasteiger partial charge in [-0.25, -0.2) is 4.79 Å². The van der Waals surface area contributed by atoms with Gasteiger partial charge in [0.15, 0.2) is 0 Å². The quantitative estimate of drug-likeness (QED) is 0.576. The van der Waals surface area contributed by atoms with Gasteiger partial charge in [0.05, 0.1) is 7.11 Å². The number of quaternary nitrogens is 1. The van der Waals surface area contributed by atoms with Crippen molar-refractivity contribution in [2.45, 2.75) is 18.0 Å². The molecule has 0 aliphatic carbocycles. The molecule has 0 bridgehead atoms. The molecule has 0 spiro atoms. The van der Waals surface area contributed by atoms with Gasteiger partial charge in [-0.15, -0.1) is 0 Å². The second kappa shape index (κ2) is 7.00. The molecule has 4 atom stereocenters. The summed E-state index contributed by atoms with van der Waals surface area (Å²) in [6, 6.07) is 15.5. The van der Waals surface area contributed by atoms with Crippen LogP contribution in [-0.2, 0) is 25.5 Å². The Morgan fingerprint density at radius 3 is 2.38 bits per heavy atom. The first-order chi connectivity index (χ1) is 13.9. The van der Waals surface area contributed by atoms with Crippen molar-refractivity contribution in [1.29, 1.82) is 0 Å². The summed E-state index contributed by atoms with van der Waals surface area (Å²) in [6.07, 6.45) is 0.267. The molecule has 7 heteroatoms. The maximum Gasteiger partial charge on any atom is 0.369 e. The first-order valence-corrected chi connectivity index (χ1v) is 9.48. The van der Waals surface area contributed by atoms with Gasteiger partial charge in [0.25, 0.3) is 0 Å². The third kappa shape index (κ3) is 2.89. The third-order valence-corrected chi connectivity index (χ3v) is 6.17. The van der Waals surface area contributed by atoms with Gasteiger partial charge in [0, 0.05) is 19.0 Å². The number of ether oxygens (including phenoxy) is 1. The van der Waals surface area contributed by atoms with Gasteiger partial charge >= 0.3 is 5.97 Å². The molecule has 0 saturated carbocycles. The summed E-state index contributed by atoms with van der Waals surface area (Å²) in [6.45, 7) is 0. The van der Waals surface area contributed by atoms with Crippen LogP contribution in [0.15, 0.2) is 54.6 Å². The van der Waals surface area contributed by atoms with Crippen molar-refractivity contribution in [2.75, 3.05) is 14.2 Å². The number of nitrogens with zero attached hydrogens (tertiary/aromatic N) is 1. The lowest BCUT2D eigenvalue weighted by molar-refractivity contribution is -0.734. The maximum atomic E-state index is 13.1. The first-order valence-electron chi connectivity index (χ1n) is 9.48. The lowest BCUT2D eigenvalue weighted by Gasteiger charge is -2.29. The minimum atomic E-state index is -1.25. The smallest absolute Gasteiger partial charge is 0.369 e. The van der Waals surface area contributed by atoms with Gasteiger partial charge in [0.2, 0.25) is 17.4 Å². The molecule has 2 aromatic rings. The van der Waals surface area contributed by atoms with Crippen LogP contribution >= 0.6 is 0 Å². The molecule has 2 aromatic carbocycles. The van der Waals surface area contributed by atoms with Crippen LogP contribution in [0.3, 0.4) is 0 Å². The number of likely N-dealkylation sites (tertiary alicyclic amines) is 1. The number of carbonyl (C=O) groups is 3. The van der Waals surface area contributed by atoms with Crippen molar-refractivity contribution in [2.24, 2.45) is 11.8 Å². The molecular formula is C22H23N2O5+. The number of amides is 2. The Kier molecular flexibility index (Phi) is 4.62. The lowest BCUT2D eigenvalue weighted by atomic mass is 9.76. The number of methoxy groups -OCH3 is 1. The van der Waals surface area contributed by atoms with E-state index in [9.17, 15) is 19.5 Å². The van der Waals surface area contributed by atoms with Crippen molar-refractivity contribution >= 4 is 17.8 Å². The summed E-state index contributed by atoms with van der Waals surface area (Å²) >= 11 is 0. The molecule has 3 N–H and O–H groups in total. The Morgan fingerprint density at radius 2 is 1.76 bits per heavy atom. The second-order valence-corrected chi connectivity index (χ2v) is 7.72. The number of hydrogen-bond acceptors (Lipinski definition) is 5. The van der Waals surface area contributed by atoms with Crippen LogP contribution in [0.1, 0.15) is 17.2 Å².